The molecule has 1 saturated heterocycles. The van der Waals surface area contributed by atoms with Crippen molar-refractivity contribution < 1.29 is 8.42 Å². The topological polar surface area (TPSA) is 85.8 Å². The lowest BCUT2D eigenvalue weighted by Gasteiger charge is -2.25. The fourth-order valence-corrected chi connectivity index (χ4v) is 3.87. The molecule has 2 rings (SSSR count). The number of nitrogens with zero attached hydrogens (tertiary/aromatic N) is 2. The molecule has 3 N–H and O–H groups in total. The van der Waals surface area contributed by atoms with Crippen molar-refractivity contribution in [3.8, 4) is 0 Å². The van der Waals surface area contributed by atoms with E-state index >= 15 is 0 Å². The van der Waals surface area contributed by atoms with Crippen molar-refractivity contribution in [3.05, 3.63) is 35.9 Å². The lowest BCUT2D eigenvalue weighted by atomic mass is 10.2. The monoisotopic (exact) mass is 395 g/mol. The number of guanidine groups is 1. The van der Waals surface area contributed by atoms with Crippen LogP contribution in [-0.2, 0) is 16.6 Å². The van der Waals surface area contributed by atoms with Gasteiger partial charge in [0, 0.05) is 39.3 Å². The first-order chi connectivity index (χ1) is 13.0. The third kappa shape index (κ3) is 7.86. The average molecular weight is 396 g/mol. The Hall–Kier alpha value is -1.64. The summed E-state index contributed by atoms with van der Waals surface area (Å²) < 4.78 is 25.4. The SMILES string of the molecule is CCS(=O)(=O)NCCCNC(=NC)NCC1CCCN1Cc1ccccc1. The number of sulfonamides is 1. The van der Waals surface area contributed by atoms with Gasteiger partial charge in [0.25, 0.3) is 0 Å². The molecule has 0 spiro atoms. The lowest BCUT2D eigenvalue weighted by Crippen LogP contribution is -2.45. The molecular weight excluding hydrogens is 362 g/mol. The quantitative estimate of drug-likeness (QED) is 0.314. The van der Waals surface area contributed by atoms with Crippen LogP contribution in [0.2, 0.25) is 0 Å². The molecule has 0 aromatic heterocycles. The van der Waals surface area contributed by atoms with Gasteiger partial charge in [-0.15, -0.1) is 0 Å². The molecule has 27 heavy (non-hydrogen) atoms. The fraction of sp³-hybridized carbons (Fsp3) is 0.632. The maximum atomic E-state index is 11.4. The van der Waals surface area contributed by atoms with Gasteiger partial charge >= 0.3 is 0 Å². The summed E-state index contributed by atoms with van der Waals surface area (Å²) in [6.07, 6.45) is 3.13. The highest BCUT2D eigenvalue weighted by Gasteiger charge is 2.24. The Bertz CT molecular complexity index is 679. The van der Waals surface area contributed by atoms with Crippen molar-refractivity contribution in [1.29, 1.82) is 0 Å². The molecule has 0 amide bonds. The molecule has 0 aliphatic carbocycles. The van der Waals surface area contributed by atoms with Gasteiger partial charge in [-0.25, -0.2) is 13.1 Å². The minimum atomic E-state index is -3.11. The Morgan fingerprint density at radius 2 is 2.00 bits per heavy atom. The van der Waals surface area contributed by atoms with Crippen molar-refractivity contribution in [1.82, 2.24) is 20.3 Å². The highest BCUT2D eigenvalue weighted by Crippen LogP contribution is 2.19. The van der Waals surface area contributed by atoms with Crippen LogP contribution < -0.4 is 15.4 Å². The van der Waals surface area contributed by atoms with E-state index in [0.717, 1.165) is 25.6 Å². The zero-order chi connectivity index (χ0) is 19.5. The van der Waals surface area contributed by atoms with Gasteiger partial charge in [0.2, 0.25) is 10.0 Å². The minimum absolute atomic E-state index is 0.116. The molecule has 1 aliphatic heterocycles. The highest BCUT2D eigenvalue weighted by molar-refractivity contribution is 7.89. The maximum Gasteiger partial charge on any atom is 0.211 e. The minimum Gasteiger partial charge on any atom is -0.356 e. The van der Waals surface area contributed by atoms with Crippen molar-refractivity contribution in [2.75, 3.05) is 39.0 Å². The first-order valence-electron chi connectivity index (χ1n) is 9.74. The van der Waals surface area contributed by atoms with Crippen molar-refractivity contribution in [2.45, 2.75) is 38.8 Å². The maximum absolute atomic E-state index is 11.4. The predicted octanol–water partition coefficient (Wildman–Crippen LogP) is 1.15. The van der Waals surface area contributed by atoms with Crippen molar-refractivity contribution in [3.63, 3.8) is 0 Å². The zero-order valence-corrected chi connectivity index (χ0v) is 17.3. The molecule has 0 saturated carbocycles. The number of rotatable bonds is 10. The van der Waals surface area contributed by atoms with Crippen LogP contribution in [-0.4, -0.2) is 64.3 Å². The molecule has 1 aromatic rings. The van der Waals surface area contributed by atoms with Crippen LogP contribution in [0.5, 0.6) is 0 Å². The van der Waals surface area contributed by atoms with Crippen LogP contribution in [0.4, 0.5) is 0 Å². The van der Waals surface area contributed by atoms with E-state index in [4.69, 9.17) is 0 Å². The number of likely N-dealkylation sites (tertiary alicyclic amines) is 1. The van der Waals surface area contributed by atoms with Gasteiger partial charge in [-0.2, -0.15) is 0 Å². The second-order valence-corrected chi connectivity index (χ2v) is 8.88. The molecule has 1 fully saturated rings. The van der Waals surface area contributed by atoms with Gasteiger partial charge in [0.1, 0.15) is 0 Å². The van der Waals surface area contributed by atoms with Crippen LogP contribution in [0.25, 0.3) is 0 Å². The van der Waals surface area contributed by atoms with E-state index in [0.29, 0.717) is 25.6 Å². The lowest BCUT2D eigenvalue weighted by molar-refractivity contribution is 0.245. The summed E-state index contributed by atoms with van der Waals surface area (Å²) in [4.78, 5) is 6.78. The number of hydrogen-bond donors (Lipinski definition) is 3. The van der Waals surface area contributed by atoms with Gasteiger partial charge in [-0.1, -0.05) is 30.3 Å². The number of nitrogens with one attached hydrogen (secondary N) is 3. The molecule has 7 nitrogen and oxygen atoms in total. The molecular formula is C19H33N5O2S. The second kappa shape index (κ2) is 11.3. The molecule has 1 aromatic carbocycles. The van der Waals surface area contributed by atoms with Crippen LogP contribution >= 0.6 is 0 Å². The van der Waals surface area contributed by atoms with Gasteiger partial charge < -0.3 is 10.6 Å². The first-order valence-corrected chi connectivity index (χ1v) is 11.4. The summed E-state index contributed by atoms with van der Waals surface area (Å²) in [6, 6.07) is 11.1. The smallest absolute Gasteiger partial charge is 0.211 e. The Labute approximate surface area is 163 Å². The summed E-state index contributed by atoms with van der Waals surface area (Å²) >= 11 is 0. The van der Waals surface area contributed by atoms with Crippen molar-refractivity contribution in [2.24, 2.45) is 4.99 Å². The van der Waals surface area contributed by atoms with E-state index in [1.165, 1.54) is 18.4 Å². The molecule has 1 heterocycles. The van der Waals surface area contributed by atoms with E-state index in [-0.39, 0.29) is 5.75 Å². The summed E-state index contributed by atoms with van der Waals surface area (Å²) in [5, 5.41) is 6.65. The van der Waals surface area contributed by atoms with E-state index in [1.807, 2.05) is 0 Å². The Kier molecular flexibility index (Phi) is 9.03. The Morgan fingerprint density at radius 1 is 1.22 bits per heavy atom. The highest BCUT2D eigenvalue weighted by atomic mass is 32.2. The van der Waals surface area contributed by atoms with Crippen LogP contribution in [0.3, 0.4) is 0 Å². The van der Waals surface area contributed by atoms with Crippen LogP contribution in [0.1, 0.15) is 31.7 Å². The van der Waals surface area contributed by atoms with Gasteiger partial charge in [-0.05, 0) is 38.3 Å². The fourth-order valence-electron chi connectivity index (χ4n) is 3.21. The average Bonchev–Trinajstić information content (AvgIpc) is 3.11. The van der Waals surface area contributed by atoms with Crippen molar-refractivity contribution >= 4 is 16.0 Å². The number of benzene rings is 1. The largest absolute Gasteiger partial charge is 0.356 e. The molecule has 152 valence electrons. The van der Waals surface area contributed by atoms with E-state index < -0.39 is 10.0 Å². The normalized spacial score (nSPS) is 18.6. The summed E-state index contributed by atoms with van der Waals surface area (Å²) in [6.45, 7) is 5.71. The molecule has 0 bridgehead atoms. The summed E-state index contributed by atoms with van der Waals surface area (Å²) in [5.74, 6) is 0.879. The van der Waals surface area contributed by atoms with Crippen LogP contribution in [0, 0.1) is 0 Å². The van der Waals surface area contributed by atoms with Gasteiger partial charge in [-0.3, -0.25) is 9.89 Å². The third-order valence-electron chi connectivity index (χ3n) is 4.80. The standard InChI is InChI=1S/C19H33N5O2S/c1-3-27(25,26)23-13-8-12-21-19(20-2)22-15-18-11-7-14-24(18)16-17-9-5-4-6-10-17/h4-6,9-10,18,23H,3,7-8,11-16H2,1-2H3,(H2,20,21,22). The van der Waals surface area contributed by atoms with E-state index in [1.54, 1.807) is 14.0 Å². The Balaban J connectivity index is 1.68. The van der Waals surface area contributed by atoms with E-state index in [9.17, 15) is 8.42 Å². The third-order valence-corrected chi connectivity index (χ3v) is 6.21. The zero-order valence-electron chi connectivity index (χ0n) is 16.4. The summed E-state index contributed by atoms with van der Waals surface area (Å²) in [7, 11) is -1.35. The Morgan fingerprint density at radius 3 is 2.70 bits per heavy atom. The predicted molar refractivity (Wildman–Crippen MR) is 111 cm³/mol. The van der Waals surface area contributed by atoms with Gasteiger partial charge in [0.05, 0.1) is 5.75 Å². The molecule has 1 aliphatic rings. The number of aliphatic imine (C=N–C) groups is 1. The second-order valence-electron chi connectivity index (χ2n) is 6.78. The molecule has 8 heteroatoms. The molecule has 1 atom stereocenters. The molecule has 1 unspecified atom stereocenters. The van der Waals surface area contributed by atoms with Gasteiger partial charge in [0.15, 0.2) is 5.96 Å². The summed E-state index contributed by atoms with van der Waals surface area (Å²) in [5.41, 5.74) is 1.35. The first kappa shape index (κ1) is 21.7. The van der Waals surface area contributed by atoms with E-state index in [2.05, 4.69) is 55.6 Å². The van der Waals surface area contributed by atoms with Crippen LogP contribution in [0.15, 0.2) is 35.3 Å². The number of hydrogen-bond acceptors (Lipinski definition) is 4. The molecule has 0 radical (unpaired) electrons.